The first kappa shape index (κ1) is 11.0. The van der Waals surface area contributed by atoms with Gasteiger partial charge in [0.1, 0.15) is 0 Å². The normalized spacial score (nSPS) is 9.54. The van der Waals surface area contributed by atoms with Crippen LogP contribution in [-0.2, 0) is 0 Å². The quantitative estimate of drug-likeness (QED) is 0.413. The maximum absolute atomic E-state index is 11.3. The van der Waals surface area contributed by atoms with Crippen molar-refractivity contribution in [3.8, 4) is 5.75 Å². The molecule has 2 rings (SSSR count). The van der Waals surface area contributed by atoms with Gasteiger partial charge in [-0.1, -0.05) is 30.3 Å². The van der Waals surface area contributed by atoms with Gasteiger partial charge in [0.25, 0.3) is 0 Å². The number of rotatable bonds is 0. The zero-order chi connectivity index (χ0) is 8.55. The van der Waals surface area contributed by atoms with Crippen LogP contribution in [0.5, 0.6) is 5.75 Å². The Kier molecular flexibility index (Phi) is 3.76. The van der Waals surface area contributed by atoms with E-state index in [9.17, 15) is 5.11 Å². The number of benzene rings is 2. The van der Waals surface area contributed by atoms with Gasteiger partial charge in [-0.2, -0.15) is 0 Å². The summed E-state index contributed by atoms with van der Waals surface area (Å²) in [5.74, 6) is 0.0276. The number of anilines is 1. The van der Waals surface area contributed by atoms with Gasteiger partial charge in [0.2, 0.25) is 0 Å². The Morgan fingerprint density at radius 2 is 1.54 bits per heavy atom. The minimum atomic E-state index is 0. The molecule has 0 radical (unpaired) electrons. The van der Waals surface area contributed by atoms with Gasteiger partial charge >= 0.3 is 51.4 Å². The van der Waals surface area contributed by atoms with E-state index in [1.807, 2.05) is 6.07 Å². The minimum Gasteiger partial charge on any atom is -0.872 e. The molecule has 2 aromatic rings. The average molecular weight is 197 g/mol. The molecule has 0 saturated heterocycles. The van der Waals surface area contributed by atoms with Gasteiger partial charge in [-0.05, 0) is 11.5 Å². The number of hydrogen-bond donors (Lipinski definition) is 1. The first-order valence-corrected chi connectivity index (χ1v) is 3.73. The van der Waals surface area contributed by atoms with Crippen molar-refractivity contribution >= 4 is 16.5 Å². The minimum absolute atomic E-state index is 0. The smallest absolute Gasteiger partial charge is 0.872 e. The molecule has 0 heterocycles. The molecule has 2 N–H and O–H groups in total. The van der Waals surface area contributed by atoms with Crippen LogP contribution in [0.25, 0.3) is 10.8 Å². The summed E-state index contributed by atoms with van der Waals surface area (Å²) in [7, 11) is 0. The molecular formula is C10H8KNO. The first-order valence-electron chi connectivity index (χ1n) is 3.73. The standard InChI is InChI=1S/C10H9NO.K/c11-9-5-1-4-8-7(9)3-2-6-10(8)12;/h1-6,12H,11H2;/q;+1/p-1. The molecule has 3 heteroatoms. The Hall–Kier alpha value is -0.0636. The van der Waals surface area contributed by atoms with Crippen LogP contribution in [0.1, 0.15) is 0 Å². The third kappa shape index (κ3) is 2.06. The molecule has 0 unspecified atom stereocenters. The van der Waals surface area contributed by atoms with Crippen molar-refractivity contribution in [2.45, 2.75) is 0 Å². The van der Waals surface area contributed by atoms with Crippen LogP contribution in [0, 0.1) is 0 Å². The third-order valence-electron chi connectivity index (χ3n) is 1.92. The largest absolute Gasteiger partial charge is 1.00 e. The van der Waals surface area contributed by atoms with Crippen LogP contribution in [-0.4, -0.2) is 0 Å². The Labute approximate surface area is 119 Å². The molecule has 0 fully saturated rings. The Bertz CT molecular complexity index is 387. The van der Waals surface area contributed by atoms with Gasteiger partial charge in [0, 0.05) is 11.1 Å². The molecule has 0 atom stereocenters. The van der Waals surface area contributed by atoms with Gasteiger partial charge in [0.05, 0.1) is 0 Å². The fraction of sp³-hybridized carbons (Fsp3) is 0. The second-order valence-electron chi connectivity index (χ2n) is 2.70. The molecule has 2 nitrogen and oxygen atoms in total. The molecule has 0 aliphatic rings. The van der Waals surface area contributed by atoms with Crippen LogP contribution in [0.4, 0.5) is 5.69 Å². The van der Waals surface area contributed by atoms with E-state index >= 15 is 0 Å². The maximum Gasteiger partial charge on any atom is 1.00 e. The Morgan fingerprint density at radius 3 is 2.23 bits per heavy atom. The summed E-state index contributed by atoms with van der Waals surface area (Å²) >= 11 is 0. The molecular weight excluding hydrogens is 189 g/mol. The van der Waals surface area contributed by atoms with Crippen molar-refractivity contribution in [1.29, 1.82) is 0 Å². The number of nitrogens with two attached hydrogens (primary N) is 1. The van der Waals surface area contributed by atoms with Crippen LogP contribution in [0.3, 0.4) is 0 Å². The summed E-state index contributed by atoms with van der Waals surface area (Å²) in [4.78, 5) is 0. The van der Waals surface area contributed by atoms with Crippen molar-refractivity contribution in [2.24, 2.45) is 0 Å². The van der Waals surface area contributed by atoms with E-state index in [0.29, 0.717) is 11.1 Å². The first-order chi connectivity index (χ1) is 5.79. The van der Waals surface area contributed by atoms with Gasteiger partial charge in [-0.15, -0.1) is 5.75 Å². The summed E-state index contributed by atoms with van der Waals surface area (Å²) in [6, 6.07) is 10.5. The van der Waals surface area contributed by atoms with E-state index in [4.69, 9.17) is 5.73 Å². The Morgan fingerprint density at radius 1 is 0.923 bits per heavy atom. The van der Waals surface area contributed by atoms with Crippen LogP contribution < -0.4 is 62.2 Å². The second-order valence-corrected chi connectivity index (χ2v) is 2.70. The predicted octanol–water partition coefficient (Wildman–Crippen LogP) is -1.50. The molecule has 0 amide bonds. The van der Waals surface area contributed by atoms with Crippen molar-refractivity contribution in [3.05, 3.63) is 36.4 Å². The van der Waals surface area contributed by atoms with Gasteiger partial charge in [0.15, 0.2) is 0 Å². The second kappa shape index (κ2) is 4.44. The van der Waals surface area contributed by atoms with Crippen molar-refractivity contribution in [1.82, 2.24) is 0 Å². The molecule has 0 saturated carbocycles. The topological polar surface area (TPSA) is 49.1 Å². The molecule has 60 valence electrons. The summed E-state index contributed by atoms with van der Waals surface area (Å²) in [6.45, 7) is 0. The van der Waals surface area contributed by atoms with Gasteiger partial charge < -0.3 is 10.8 Å². The van der Waals surface area contributed by atoms with Crippen molar-refractivity contribution in [2.75, 3.05) is 5.73 Å². The molecule has 0 aromatic heterocycles. The van der Waals surface area contributed by atoms with Crippen molar-refractivity contribution < 1.29 is 56.5 Å². The number of nitrogen functional groups attached to an aromatic ring is 1. The summed E-state index contributed by atoms with van der Waals surface area (Å²) < 4.78 is 0. The predicted molar refractivity (Wildman–Crippen MR) is 47.8 cm³/mol. The summed E-state index contributed by atoms with van der Waals surface area (Å²) in [5.41, 5.74) is 6.34. The van der Waals surface area contributed by atoms with Gasteiger partial charge in [-0.3, -0.25) is 0 Å². The zero-order valence-corrected chi connectivity index (χ0v) is 10.6. The molecule has 0 spiro atoms. The van der Waals surface area contributed by atoms with E-state index in [1.165, 1.54) is 0 Å². The van der Waals surface area contributed by atoms with Crippen molar-refractivity contribution in [3.63, 3.8) is 0 Å². The summed E-state index contributed by atoms with van der Waals surface area (Å²) in [6.07, 6.45) is 0. The van der Waals surface area contributed by atoms with Gasteiger partial charge in [-0.25, -0.2) is 0 Å². The molecule has 13 heavy (non-hydrogen) atoms. The monoisotopic (exact) mass is 197 g/mol. The summed E-state index contributed by atoms with van der Waals surface area (Å²) in [5, 5.41) is 12.8. The van der Waals surface area contributed by atoms with E-state index < -0.39 is 0 Å². The van der Waals surface area contributed by atoms with Crippen LogP contribution in [0.2, 0.25) is 0 Å². The SMILES string of the molecule is Nc1cccc2c([O-])cccc12.[K+]. The van der Waals surface area contributed by atoms with E-state index in [1.54, 1.807) is 30.3 Å². The van der Waals surface area contributed by atoms with E-state index in [2.05, 4.69) is 0 Å². The molecule has 0 aliphatic heterocycles. The Balaban J connectivity index is 0.000000845. The van der Waals surface area contributed by atoms with E-state index in [-0.39, 0.29) is 57.1 Å². The molecule has 2 aromatic carbocycles. The molecule has 0 bridgehead atoms. The fourth-order valence-electron chi connectivity index (χ4n) is 1.31. The average Bonchev–Trinajstić information content (AvgIpc) is 2.07. The molecule has 0 aliphatic carbocycles. The number of fused-ring (bicyclic) bond motifs is 1. The van der Waals surface area contributed by atoms with Crippen LogP contribution in [0.15, 0.2) is 36.4 Å². The number of hydrogen-bond acceptors (Lipinski definition) is 2. The third-order valence-corrected chi connectivity index (χ3v) is 1.92. The fourth-order valence-corrected chi connectivity index (χ4v) is 1.31. The maximum atomic E-state index is 11.3. The van der Waals surface area contributed by atoms with E-state index in [0.717, 1.165) is 5.39 Å². The zero-order valence-electron chi connectivity index (χ0n) is 7.45. The van der Waals surface area contributed by atoms with Crippen LogP contribution >= 0.6 is 0 Å².